The molecule has 0 radical (unpaired) electrons. The van der Waals surface area contributed by atoms with Crippen molar-refractivity contribution in [1.29, 1.82) is 5.26 Å². The molecule has 0 aliphatic rings. The number of para-hydroxylation sites is 1. The Morgan fingerprint density at radius 1 is 0.969 bits per heavy atom. The average molecular weight is 451 g/mol. The van der Waals surface area contributed by atoms with Gasteiger partial charge >= 0.3 is 6.03 Å². The summed E-state index contributed by atoms with van der Waals surface area (Å²) in [4.78, 5) is 23.1. The topological polar surface area (TPSA) is 154 Å². The lowest BCUT2D eigenvalue weighted by atomic mass is 10.1. The smallest absolute Gasteiger partial charge is 0.307 e. The number of carbonyl (C=O) groups excluding carboxylic acids is 1. The van der Waals surface area contributed by atoms with E-state index in [0.717, 1.165) is 0 Å². The van der Waals surface area contributed by atoms with Crippen LogP contribution in [0.2, 0.25) is 0 Å². The van der Waals surface area contributed by atoms with E-state index in [1.807, 2.05) is 6.07 Å². The van der Waals surface area contributed by atoms with Gasteiger partial charge in [-0.25, -0.2) is 13.2 Å². The molecule has 0 heterocycles. The van der Waals surface area contributed by atoms with Crippen molar-refractivity contribution in [1.82, 2.24) is 0 Å². The standard InChI is InChI=1S/C21H17N5O5S/c1-14-17(10-6-12-19(14)26(28)29)23-21(27)24-18-11-5-7-15(13-22)20(18)25-32(30,31)16-8-3-2-4-9-16/h2-12,25H,1H3,(H2,23,24,27). The van der Waals surface area contributed by atoms with Crippen molar-refractivity contribution in [2.75, 3.05) is 15.4 Å². The van der Waals surface area contributed by atoms with E-state index in [0.29, 0.717) is 0 Å². The number of rotatable bonds is 6. The van der Waals surface area contributed by atoms with Crippen molar-refractivity contribution in [2.45, 2.75) is 11.8 Å². The first-order valence-electron chi connectivity index (χ1n) is 9.16. The molecule has 162 valence electrons. The molecule has 0 aliphatic heterocycles. The highest BCUT2D eigenvalue weighted by molar-refractivity contribution is 7.92. The number of hydrogen-bond donors (Lipinski definition) is 3. The lowest BCUT2D eigenvalue weighted by Gasteiger charge is -2.16. The van der Waals surface area contributed by atoms with Crippen molar-refractivity contribution in [3.8, 4) is 6.07 Å². The Bertz CT molecular complexity index is 1330. The van der Waals surface area contributed by atoms with Crippen LogP contribution in [0.1, 0.15) is 11.1 Å². The zero-order valence-corrected chi connectivity index (χ0v) is 17.5. The van der Waals surface area contributed by atoms with Gasteiger partial charge in [0.1, 0.15) is 6.07 Å². The van der Waals surface area contributed by atoms with Gasteiger partial charge in [0.2, 0.25) is 0 Å². The average Bonchev–Trinajstić information content (AvgIpc) is 2.76. The summed E-state index contributed by atoms with van der Waals surface area (Å²) >= 11 is 0. The van der Waals surface area contributed by atoms with Crippen LogP contribution in [-0.4, -0.2) is 19.4 Å². The van der Waals surface area contributed by atoms with Crippen LogP contribution < -0.4 is 15.4 Å². The molecule has 0 saturated heterocycles. The number of carbonyl (C=O) groups is 1. The molecular weight excluding hydrogens is 434 g/mol. The Morgan fingerprint density at radius 2 is 1.59 bits per heavy atom. The van der Waals surface area contributed by atoms with Gasteiger partial charge in [0.15, 0.2) is 0 Å². The molecule has 3 aromatic rings. The fourth-order valence-corrected chi connectivity index (χ4v) is 4.01. The number of nitro groups is 1. The number of nitro benzene ring substituents is 1. The third-order valence-corrected chi connectivity index (χ3v) is 5.84. The fourth-order valence-electron chi connectivity index (χ4n) is 2.89. The number of anilines is 3. The van der Waals surface area contributed by atoms with Crippen molar-refractivity contribution in [2.24, 2.45) is 0 Å². The predicted molar refractivity (Wildman–Crippen MR) is 119 cm³/mol. The van der Waals surface area contributed by atoms with Crippen LogP contribution in [0.3, 0.4) is 0 Å². The molecule has 3 aromatic carbocycles. The first kappa shape index (κ1) is 22.3. The number of urea groups is 1. The summed E-state index contributed by atoms with van der Waals surface area (Å²) in [6.07, 6.45) is 0. The molecule has 11 heteroatoms. The van der Waals surface area contributed by atoms with Crippen LogP contribution in [0.25, 0.3) is 0 Å². The van der Waals surface area contributed by atoms with Crippen molar-refractivity contribution >= 4 is 38.8 Å². The monoisotopic (exact) mass is 451 g/mol. The lowest BCUT2D eigenvalue weighted by molar-refractivity contribution is -0.385. The van der Waals surface area contributed by atoms with E-state index >= 15 is 0 Å². The maximum absolute atomic E-state index is 12.7. The van der Waals surface area contributed by atoms with E-state index in [1.54, 1.807) is 18.2 Å². The SMILES string of the molecule is Cc1c(NC(=O)Nc2cccc(C#N)c2NS(=O)(=O)c2ccccc2)cccc1[N+](=O)[O-]. The molecule has 0 aliphatic carbocycles. The van der Waals surface area contributed by atoms with Crippen LogP contribution in [0.5, 0.6) is 0 Å². The number of amides is 2. The van der Waals surface area contributed by atoms with Gasteiger partial charge in [-0.15, -0.1) is 0 Å². The van der Waals surface area contributed by atoms with Gasteiger partial charge in [-0.2, -0.15) is 5.26 Å². The summed E-state index contributed by atoms with van der Waals surface area (Å²) in [6, 6.07) is 17.2. The maximum atomic E-state index is 12.7. The van der Waals surface area contributed by atoms with E-state index in [1.165, 1.54) is 55.5 Å². The van der Waals surface area contributed by atoms with Crippen molar-refractivity contribution in [3.05, 3.63) is 88.0 Å². The summed E-state index contributed by atoms with van der Waals surface area (Å²) in [5, 5.41) is 25.5. The van der Waals surface area contributed by atoms with Gasteiger partial charge < -0.3 is 10.6 Å². The second kappa shape index (κ2) is 9.15. The van der Waals surface area contributed by atoms with Gasteiger partial charge in [0.05, 0.1) is 38.0 Å². The molecule has 0 atom stereocenters. The number of benzene rings is 3. The first-order chi connectivity index (χ1) is 15.2. The molecule has 3 N–H and O–H groups in total. The molecule has 2 amide bonds. The van der Waals surface area contributed by atoms with Crippen LogP contribution in [0, 0.1) is 28.4 Å². The summed E-state index contributed by atoms with van der Waals surface area (Å²) in [5.74, 6) is 0. The van der Waals surface area contributed by atoms with Gasteiger partial charge in [-0.1, -0.05) is 30.3 Å². The molecule has 0 spiro atoms. The lowest BCUT2D eigenvalue weighted by Crippen LogP contribution is -2.22. The third-order valence-electron chi connectivity index (χ3n) is 4.47. The second-order valence-electron chi connectivity index (χ2n) is 6.54. The highest BCUT2D eigenvalue weighted by Gasteiger charge is 2.20. The summed E-state index contributed by atoms with van der Waals surface area (Å²) in [5.41, 5.74) is 0.219. The molecule has 32 heavy (non-hydrogen) atoms. The van der Waals surface area contributed by atoms with Gasteiger partial charge in [-0.3, -0.25) is 14.8 Å². The van der Waals surface area contributed by atoms with E-state index in [4.69, 9.17) is 0 Å². The second-order valence-corrected chi connectivity index (χ2v) is 8.23. The van der Waals surface area contributed by atoms with Gasteiger partial charge in [0.25, 0.3) is 15.7 Å². The van der Waals surface area contributed by atoms with Gasteiger partial charge in [-0.05, 0) is 37.3 Å². The minimum atomic E-state index is -4.03. The Morgan fingerprint density at radius 3 is 2.25 bits per heavy atom. The molecule has 0 saturated carbocycles. The summed E-state index contributed by atoms with van der Waals surface area (Å²) in [7, 11) is -4.03. The minimum Gasteiger partial charge on any atom is -0.307 e. The zero-order valence-electron chi connectivity index (χ0n) is 16.7. The van der Waals surface area contributed by atoms with E-state index in [-0.39, 0.29) is 38.8 Å². The fraction of sp³-hybridized carbons (Fsp3) is 0.0476. The van der Waals surface area contributed by atoms with Crippen LogP contribution in [0.15, 0.2) is 71.6 Å². The van der Waals surface area contributed by atoms with E-state index in [9.17, 15) is 28.6 Å². The van der Waals surface area contributed by atoms with Crippen LogP contribution in [0.4, 0.5) is 27.5 Å². The molecular formula is C21H17N5O5S. The molecule has 0 unspecified atom stereocenters. The predicted octanol–water partition coefficient (Wildman–Crippen LogP) is 4.22. The number of nitrogens with zero attached hydrogens (tertiary/aromatic N) is 2. The number of nitrogens with one attached hydrogen (secondary N) is 3. The Hall–Kier alpha value is -4.43. The first-order valence-corrected chi connectivity index (χ1v) is 10.6. The van der Waals surface area contributed by atoms with Crippen molar-refractivity contribution in [3.63, 3.8) is 0 Å². The number of hydrogen-bond acceptors (Lipinski definition) is 6. The summed E-state index contributed by atoms with van der Waals surface area (Å²) in [6.45, 7) is 1.49. The normalized spacial score (nSPS) is 10.6. The molecule has 10 nitrogen and oxygen atoms in total. The minimum absolute atomic E-state index is 0.00571. The quantitative estimate of drug-likeness (QED) is 0.376. The highest BCUT2D eigenvalue weighted by Crippen LogP contribution is 2.29. The molecule has 0 aromatic heterocycles. The molecule has 0 bridgehead atoms. The third kappa shape index (κ3) is 4.82. The number of nitriles is 1. The Balaban J connectivity index is 1.90. The maximum Gasteiger partial charge on any atom is 0.323 e. The van der Waals surface area contributed by atoms with E-state index < -0.39 is 21.0 Å². The summed E-state index contributed by atoms with van der Waals surface area (Å²) < 4.78 is 27.8. The van der Waals surface area contributed by atoms with Crippen molar-refractivity contribution < 1.29 is 18.1 Å². The Kier molecular flexibility index (Phi) is 6.37. The van der Waals surface area contributed by atoms with Gasteiger partial charge in [0, 0.05) is 6.07 Å². The highest BCUT2D eigenvalue weighted by atomic mass is 32.2. The Labute approximate surface area is 183 Å². The molecule has 3 rings (SSSR count). The van der Waals surface area contributed by atoms with Crippen LogP contribution in [-0.2, 0) is 10.0 Å². The van der Waals surface area contributed by atoms with Crippen LogP contribution >= 0.6 is 0 Å². The molecule has 0 fully saturated rings. The van der Waals surface area contributed by atoms with E-state index in [2.05, 4.69) is 15.4 Å². The largest absolute Gasteiger partial charge is 0.323 e. The zero-order chi connectivity index (χ0) is 23.3. The number of sulfonamides is 1.